The van der Waals surface area contributed by atoms with E-state index in [-0.39, 0.29) is 29.3 Å². The zero-order chi connectivity index (χ0) is 22.0. The van der Waals surface area contributed by atoms with Gasteiger partial charge in [0.05, 0.1) is 12.1 Å². The van der Waals surface area contributed by atoms with Crippen LogP contribution in [-0.2, 0) is 15.7 Å². The zero-order valence-electron chi connectivity index (χ0n) is 19.7. The second kappa shape index (κ2) is 8.78. The van der Waals surface area contributed by atoms with Crippen LogP contribution in [0.15, 0.2) is 30.3 Å². The van der Waals surface area contributed by atoms with Crippen molar-refractivity contribution in [1.29, 1.82) is 0 Å². The molecule has 0 bridgehead atoms. The van der Waals surface area contributed by atoms with Crippen molar-refractivity contribution in [2.24, 2.45) is 0 Å². The summed E-state index contributed by atoms with van der Waals surface area (Å²) >= 11 is 0. The Bertz CT molecular complexity index is 680. The number of alkyl carbamates (subject to hydrolysis) is 1. The third-order valence-corrected chi connectivity index (χ3v) is 10.6. The van der Waals surface area contributed by atoms with Crippen LogP contribution < -0.4 is 5.32 Å². The van der Waals surface area contributed by atoms with Crippen LogP contribution in [0, 0.1) is 0 Å². The number of likely N-dealkylation sites (tertiary alicyclic amines) is 1. The molecule has 2 rings (SSSR count). The summed E-state index contributed by atoms with van der Waals surface area (Å²) in [4.78, 5) is 14.9. The van der Waals surface area contributed by atoms with Gasteiger partial charge in [0.2, 0.25) is 0 Å². The van der Waals surface area contributed by atoms with E-state index in [1.165, 1.54) is 5.56 Å². The van der Waals surface area contributed by atoms with Gasteiger partial charge < -0.3 is 14.5 Å². The Labute approximate surface area is 178 Å². The average molecular weight is 421 g/mol. The Kier molecular flexibility index (Phi) is 7.24. The van der Waals surface area contributed by atoms with Gasteiger partial charge in [0.15, 0.2) is 8.32 Å². The van der Waals surface area contributed by atoms with Gasteiger partial charge in [-0.3, -0.25) is 4.90 Å². The molecule has 0 spiro atoms. The first-order valence-corrected chi connectivity index (χ1v) is 13.6. The third kappa shape index (κ3) is 6.56. The van der Waals surface area contributed by atoms with Gasteiger partial charge >= 0.3 is 6.09 Å². The van der Waals surface area contributed by atoms with Crippen LogP contribution in [0.1, 0.15) is 54.0 Å². The summed E-state index contributed by atoms with van der Waals surface area (Å²) in [5, 5.41) is 3.23. The molecule has 0 radical (unpaired) electrons. The predicted molar refractivity (Wildman–Crippen MR) is 122 cm³/mol. The standard InChI is InChI=1S/C23H40N2O3Si/c1-17-20(24-21(26)27-22(2,3)4)19(28-29(8,9)23(5,6)7)16-25(17)15-18-13-11-10-12-14-18/h10-14,17,19-20H,15-16H2,1-9H3,(H,24,26)/t17?,19-,20-/m0/s1. The first-order chi connectivity index (χ1) is 13.2. The molecule has 1 aliphatic heterocycles. The Morgan fingerprint density at radius 1 is 1.14 bits per heavy atom. The molecule has 1 saturated heterocycles. The maximum Gasteiger partial charge on any atom is 0.408 e. The van der Waals surface area contributed by atoms with Crippen LogP contribution in [0.3, 0.4) is 0 Å². The Balaban J connectivity index is 2.20. The van der Waals surface area contributed by atoms with Gasteiger partial charge in [0.25, 0.3) is 0 Å². The Morgan fingerprint density at radius 3 is 2.24 bits per heavy atom. The number of carbonyl (C=O) groups is 1. The van der Waals surface area contributed by atoms with Crippen molar-refractivity contribution in [3.05, 3.63) is 35.9 Å². The number of hydrogen-bond acceptors (Lipinski definition) is 4. The highest BCUT2D eigenvalue weighted by Crippen LogP contribution is 2.39. The fraction of sp³-hybridized carbons (Fsp3) is 0.696. The van der Waals surface area contributed by atoms with Crippen LogP contribution in [0.4, 0.5) is 4.79 Å². The molecule has 6 heteroatoms. The first-order valence-electron chi connectivity index (χ1n) is 10.6. The monoisotopic (exact) mass is 420 g/mol. The van der Waals surface area contributed by atoms with E-state index in [2.05, 4.69) is 75.3 Å². The molecule has 29 heavy (non-hydrogen) atoms. The lowest BCUT2D eigenvalue weighted by Gasteiger charge is -2.40. The molecule has 1 amide bonds. The van der Waals surface area contributed by atoms with E-state index < -0.39 is 13.9 Å². The molecule has 0 aliphatic carbocycles. The number of ether oxygens (including phenoxy) is 1. The SMILES string of the molecule is CC1[C@H](NC(=O)OC(C)(C)C)[C@@H](O[Si](C)(C)C(C)(C)C)CN1Cc1ccccc1. The van der Waals surface area contributed by atoms with E-state index in [4.69, 9.17) is 9.16 Å². The topological polar surface area (TPSA) is 50.8 Å². The van der Waals surface area contributed by atoms with Crippen molar-refractivity contribution >= 4 is 14.4 Å². The molecule has 1 fully saturated rings. The van der Waals surface area contributed by atoms with Crippen LogP contribution in [0.25, 0.3) is 0 Å². The van der Waals surface area contributed by atoms with Crippen LogP contribution in [0.5, 0.6) is 0 Å². The molecule has 1 heterocycles. The first kappa shape index (κ1) is 23.9. The lowest BCUT2D eigenvalue weighted by Crippen LogP contribution is -2.53. The maximum atomic E-state index is 12.5. The lowest BCUT2D eigenvalue weighted by molar-refractivity contribution is 0.0453. The van der Waals surface area contributed by atoms with Gasteiger partial charge in [-0.15, -0.1) is 0 Å². The molecule has 1 aromatic carbocycles. The Morgan fingerprint density at radius 2 is 1.72 bits per heavy atom. The van der Waals surface area contributed by atoms with Crippen molar-refractivity contribution in [2.45, 2.75) is 96.9 Å². The molecule has 1 aliphatic rings. The number of benzene rings is 1. The van der Waals surface area contributed by atoms with Crippen LogP contribution >= 0.6 is 0 Å². The maximum absolute atomic E-state index is 12.5. The molecule has 3 atom stereocenters. The highest BCUT2D eigenvalue weighted by molar-refractivity contribution is 6.74. The fourth-order valence-corrected chi connectivity index (χ4v) is 4.73. The summed E-state index contributed by atoms with van der Waals surface area (Å²) in [5.41, 5.74) is 0.745. The molecular weight excluding hydrogens is 380 g/mol. The number of hydrogen-bond donors (Lipinski definition) is 1. The number of rotatable bonds is 5. The summed E-state index contributed by atoms with van der Waals surface area (Å²) in [6.07, 6.45) is -0.429. The van der Waals surface area contributed by atoms with E-state index in [0.29, 0.717) is 0 Å². The molecular formula is C23H40N2O3Si. The van der Waals surface area contributed by atoms with Crippen molar-refractivity contribution in [2.75, 3.05) is 6.54 Å². The minimum Gasteiger partial charge on any atom is -0.444 e. The van der Waals surface area contributed by atoms with Crippen LogP contribution in [-0.4, -0.2) is 49.6 Å². The van der Waals surface area contributed by atoms with E-state index in [1.807, 2.05) is 26.8 Å². The average Bonchev–Trinajstić information content (AvgIpc) is 2.81. The summed E-state index contributed by atoms with van der Waals surface area (Å²) in [7, 11) is -1.98. The third-order valence-electron chi connectivity index (χ3n) is 6.07. The molecule has 5 nitrogen and oxygen atoms in total. The second-order valence-corrected chi connectivity index (χ2v) is 15.5. The van der Waals surface area contributed by atoms with Crippen molar-refractivity contribution < 1.29 is 14.0 Å². The minimum absolute atomic E-state index is 0.0536. The van der Waals surface area contributed by atoms with E-state index >= 15 is 0 Å². The lowest BCUT2D eigenvalue weighted by atomic mass is 10.1. The quantitative estimate of drug-likeness (QED) is 0.667. The minimum atomic E-state index is -1.98. The number of nitrogens with zero attached hydrogens (tertiary/aromatic N) is 1. The largest absolute Gasteiger partial charge is 0.444 e. The zero-order valence-corrected chi connectivity index (χ0v) is 20.7. The van der Waals surface area contributed by atoms with Gasteiger partial charge in [-0.2, -0.15) is 0 Å². The second-order valence-electron chi connectivity index (χ2n) is 10.7. The van der Waals surface area contributed by atoms with Crippen molar-refractivity contribution in [3.63, 3.8) is 0 Å². The van der Waals surface area contributed by atoms with Gasteiger partial charge in [-0.1, -0.05) is 51.1 Å². The van der Waals surface area contributed by atoms with Gasteiger partial charge in [-0.05, 0) is 51.4 Å². The van der Waals surface area contributed by atoms with Gasteiger partial charge in [0.1, 0.15) is 5.60 Å². The smallest absolute Gasteiger partial charge is 0.408 e. The molecule has 0 aromatic heterocycles. The molecule has 1 aromatic rings. The van der Waals surface area contributed by atoms with E-state index in [0.717, 1.165) is 13.1 Å². The molecule has 1 N–H and O–H groups in total. The fourth-order valence-electron chi connectivity index (χ4n) is 3.40. The van der Waals surface area contributed by atoms with Gasteiger partial charge in [0, 0.05) is 19.1 Å². The summed E-state index contributed by atoms with van der Waals surface area (Å²) in [5.74, 6) is 0. The van der Waals surface area contributed by atoms with Crippen molar-refractivity contribution in [3.8, 4) is 0 Å². The summed E-state index contributed by atoms with van der Waals surface area (Å²) in [6.45, 7) is 20.7. The normalized spacial score (nSPS) is 23.8. The number of amides is 1. The van der Waals surface area contributed by atoms with Gasteiger partial charge in [-0.25, -0.2) is 4.79 Å². The van der Waals surface area contributed by atoms with Crippen molar-refractivity contribution in [1.82, 2.24) is 10.2 Å². The van der Waals surface area contributed by atoms with E-state index in [1.54, 1.807) is 0 Å². The predicted octanol–water partition coefficient (Wildman–Crippen LogP) is 5.17. The summed E-state index contributed by atoms with van der Waals surface area (Å²) < 4.78 is 12.3. The highest BCUT2D eigenvalue weighted by Gasteiger charge is 2.47. The molecule has 0 saturated carbocycles. The van der Waals surface area contributed by atoms with Crippen LogP contribution in [0.2, 0.25) is 18.1 Å². The van der Waals surface area contributed by atoms with E-state index in [9.17, 15) is 4.79 Å². The molecule has 1 unspecified atom stereocenters. The summed E-state index contributed by atoms with van der Waals surface area (Å²) in [6, 6.07) is 10.5. The molecule has 164 valence electrons. The Hall–Kier alpha value is -1.37. The number of carbonyl (C=O) groups excluding carboxylic acids is 1. The number of nitrogens with one attached hydrogen (secondary N) is 1. The highest BCUT2D eigenvalue weighted by atomic mass is 28.4.